The molecule has 0 saturated carbocycles. The minimum absolute atomic E-state index is 0.105. The van der Waals surface area contributed by atoms with Gasteiger partial charge in [0.2, 0.25) is 0 Å². The second-order valence-electron chi connectivity index (χ2n) is 6.28. The lowest BCUT2D eigenvalue weighted by Gasteiger charge is -2.08. The molecule has 0 aromatic heterocycles. The average molecular weight is 302 g/mol. The molecule has 1 atom stereocenters. The summed E-state index contributed by atoms with van der Waals surface area (Å²) in [6, 6.07) is 0. The summed E-state index contributed by atoms with van der Waals surface area (Å²) in [6.07, 6.45) is 10.5. The van der Waals surface area contributed by atoms with Gasteiger partial charge in [0.05, 0.1) is 6.61 Å². The van der Waals surface area contributed by atoms with Gasteiger partial charge in [-0.25, -0.2) is 0 Å². The van der Waals surface area contributed by atoms with Gasteiger partial charge in [0, 0.05) is 6.42 Å². The highest BCUT2D eigenvalue weighted by molar-refractivity contribution is 5.69. The fraction of sp³-hybridized carbons (Fsp3) is 0.941. The molecule has 0 aromatic rings. The minimum atomic E-state index is -0.954. The first-order valence-corrected chi connectivity index (χ1v) is 8.50. The van der Waals surface area contributed by atoms with Crippen molar-refractivity contribution in [3.8, 4) is 0 Å². The van der Waals surface area contributed by atoms with Crippen molar-refractivity contribution in [3.05, 3.63) is 0 Å². The molecule has 0 aliphatic heterocycles. The highest BCUT2D eigenvalue weighted by Crippen LogP contribution is 2.13. The van der Waals surface area contributed by atoms with Crippen LogP contribution in [0.25, 0.3) is 0 Å². The first-order valence-electron chi connectivity index (χ1n) is 8.50. The molecule has 21 heavy (non-hydrogen) atoms. The van der Waals surface area contributed by atoms with Crippen molar-refractivity contribution >= 4 is 5.97 Å². The van der Waals surface area contributed by atoms with Crippen LogP contribution in [0.2, 0.25) is 0 Å². The maximum Gasteiger partial charge on any atom is 0.305 e. The quantitative estimate of drug-likeness (QED) is 0.381. The first-order chi connectivity index (χ1) is 10.1. The summed E-state index contributed by atoms with van der Waals surface area (Å²) >= 11 is 0. The molecule has 0 spiro atoms. The van der Waals surface area contributed by atoms with Crippen LogP contribution in [0, 0.1) is 5.92 Å². The maximum atomic E-state index is 11.3. The molecule has 2 N–H and O–H groups in total. The first kappa shape index (κ1) is 20.4. The average Bonchev–Trinajstić information content (AvgIpc) is 2.46. The normalized spacial score (nSPS) is 12.6. The Labute approximate surface area is 129 Å². The molecule has 0 heterocycles. The van der Waals surface area contributed by atoms with Gasteiger partial charge in [0.15, 0.2) is 0 Å². The van der Waals surface area contributed by atoms with Crippen molar-refractivity contribution in [3.63, 3.8) is 0 Å². The second kappa shape index (κ2) is 14.3. The Morgan fingerprint density at radius 3 is 2.00 bits per heavy atom. The zero-order valence-corrected chi connectivity index (χ0v) is 13.9. The number of aliphatic hydroxyl groups is 2. The zero-order valence-electron chi connectivity index (χ0n) is 13.9. The number of carbonyl (C=O) groups excluding carboxylic acids is 1. The third-order valence-corrected chi connectivity index (χ3v) is 3.56. The number of carbonyl (C=O) groups is 1. The summed E-state index contributed by atoms with van der Waals surface area (Å²) in [5.74, 6) is 0.541. The summed E-state index contributed by atoms with van der Waals surface area (Å²) in [4.78, 5) is 11.3. The van der Waals surface area contributed by atoms with Crippen LogP contribution in [0.1, 0.15) is 78.1 Å². The molecule has 0 rings (SSSR count). The van der Waals surface area contributed by atoms with Crippen LogP contribution in [0.3, 0.4) is 0 Å². The predicted octanol–water partition coefficient (Wildman–Crippen LogP) is 3.44. The Balaban J connectivity index is 3.19. The van der Waals surface area contributed by atoms with Gasteiger partial charge in [-0.05, 0) is 12.3 Å². The SMILES string of the molecule is CC(C)CCCCCCCCCCC(=O)OCC(O)CO. The fourth-order valence-electron chi connectivity index (χ4n) is 2.20. The summed E-state index contributed by atoms with van der Waals surface area (Å²) in [5.41, 5.74) is 0. The van der Waals surface area contributed by atoms with Gasteiger partial charge < -0.3 is 14.9 Å². The van der Waals surface area contributed by atoms with E-state index in [1.807, 2.05) is 0 Å². The molecule has 0 aromatic carbocycles. The molecule has 0 saturated heterocycles. The van der Waals surface area contributed by atoms with Crippen LogP contribution in [-0.4, -0.2) is 35.5 Å². The standard InChI is InChI=1S/C17H34O4/c1-15(2)11-9-7-5-3-4-6-8-10-12-17(20)21-14-16(19)13-18/h15-16,18-19H,3-14H2,1-2H3. The molecule has 0 aliphatic carbocycles. The zero-order chi connectivity index (χ0) is 15.9. The molecule has 0 aliphatic rings. The van der Waals surface area contributed by atoms with E-state index in [2.05, 4.69) is 13.8 Å². The van der Waals surface area contributed by atoms with Gasteiger partial charge in [0.25, 0.3) is 0 Å². The third kappa shape index (κ3) is 15.6. The Morgan fingerprint density at radius 1 is 0.952 bits per heavy atom. The Morgan fingerprint density at radius 2 is 1.48 bits per heavy atom. The molecular formula is C17H34O4. The van der Waals surface area contributed by atoms with Crippen molar-refractivity contribution < 1.29 is 19.7 Å². The van der Waals surface area contributed by atoms with Crippen LogP contribution >= 0.6 is 0 Å². The van der Waals surface area contributed by atoms with Crippen molar-refractivity contribution in [2.24, 2.45) is 5.92 Å². The van der Waals surface area contributed by atoms with Crippen molar-refractivity contribution in [2.45, 2.75) is 84.2 Å². The topological polar surface area (TPSA) is 66.8 Å². The number of hydrogen-bond donors (Lipinski definition) is 2. The largest absolute Gasteiger partial charge is 0.463 e. The molecule has 126 valence electrons. The van der Waals surface area contributed by atoms with E-state index in [1.54, 1.807) is 0 Å². The summed E-state index contributed by atoms with van der Waals surface area (Å²) in [6.45, 7) is 4.07. The van der Waals surface area contributed by atoms with E-state index in [9.17, 15) is 4.79 Å². The Hall–Kier alpha value is -0.610. The highest BCUT2D eigenvalue weighted by Gasteiger charge is 2.07. The van der Waals surface area contributed by atoms with Gasteiger partial charge in [0.1, 0.15) is 12.7 Å². The minimum Gasteiger partial charge on any atom is -0.463 e. The number of unbranched alkanes of at least 4 members (excludes halogenated alkanes) is 7. The van der Waals surface area contributed by atoms with E-state index in [0.717, 1.165) is 18.8 Å². The van der Waals surface area contributed by atoms with E-state index in [4.69, 9.17) is 14.9 Å². The fourth-order valence-corrected chi connectivity index (χ4v) is 2.20. The van der Waals surface area contributed by atoms with Crippen LogP contribution in [0.15, 0.2) is 0 Å². The van der Waals surface area contributed by atoms with E-state index in [-0.39, 0.29) is 19.2 Å². The van der Waals surface area contributed by atoms with Crippen molar-refractivity contribution in [1.29, 1.82) is 0 Å². The number of esters is 1. The van der Waals surface area contributed by atoms with E-state index in [0.29, 0.717) is 6.42 Å². The van der Waals surface area contributed by atoms with Crippen LogP contribution < -0.4 is 0 Å². The van der Waals surface area contributed by atoms with Crippen LogP contribution in [-0.2, 0) is 9.53 Å². The molecule has 0 bridgehead atoms. The lowest BCUT2D eigenvalue weighted by atomic mass is 10.0. The predicted molar refractivity (Wildman–Crippen MR) is 85.1 cm³/mol. The maximum absolute atomic E-state index is 11.3. The molecule has 1 unspecified atom stereocenters. The number of aliphatic hydroxyl groups excluding tert-OH is 2. The molecular weight excluding hydrogens is 268 g/mol. The molecule has 4 nitrogen and oxygen atoms in total. The van der Waals surface area contributed by atoms with Crippen molar-refractivity contribution in [1.82, 2.24) is 0 Å². The number of hydrogen-bond acceptors (Lipinski definition) is 4. The van der Waals surface area contributed by atoms with Gasteiger partial charge in [-0.3, -0.25) is 4.79 Å². The van der Waals surface area contributed by atoms with Gasteiger partial charge in [-0.1, -0.05) is 65.2 Å². The van der Waals surface area contributed by atoms with Gasteiger partial charge in [-0.2, -0.15) is 0 Å². The Bertz CT molecular complexity index is 241. The molecule has 0 amide bonds. The molecule has 4 heteroatoms. The highest BCUT2D eigenvalue weighted by atomic mass is 16.5. The third-order valence-electron chi connectivity index (χ3n) is 3.56. The summed E-state index contributed by atoms with van der Waals surface area (Å²) in [7, 11) is 0. The monoisotopic (exact) mass is 302 g/mol. The van der Waals surface area contributed by atoms with E-state index >= 15 is 0 Å². The molecule has 0 radical (unpaired) electrons. The van der Waals surface area contributed by atoms with Crippen molar-refractivity contribution in [2.75, 3.05) is 13.2 Å². The lowest BCUT2D eigenvalue weighted by Crippen LogP contribution is -2.21. The lowest BCUT2D eigenvalue weighted by molar-refractivity contribution is -0.147. The van der Waals surface area contributed by atoms with E-state index in [1.165, 1.54) is 44.9 Å². The van der Waals surface area contributed by atoms with Crippen LogP contribution in [0.4, 0.5) is 0 Å². The number of ether oxygens (including phenoxy) is 1. The second-order valence-corrected chi connectivity index (χ2v) is 6.28. The smallest absolute Gasteiger partial charge is 0.305 e. The number of rotatable bonds is 14. The Kier molecular flexibility index (Phi) is 13.9. The summed E-state index contributed by atoms with van der Waals surface area (Å²) in [5, 5.41) is 17.6. The molecule has 0 fully saturated rings. The van der Waals surface area contributed by atoms with Gasteiger partial charge >= 0.3 is 5.97 Å². The van der Waals surface area contributed by atoms with Crippen LogP contribution in [0.5, 0.6) is 0 Å². The van der Waals surface area contributed by atoms with Gasteiger partial charge in [-0.15, -0.1) is 0 Å². The summed E-state index contributed by atoms with van der Waals surface area (Å²) < 4.78 is 4.84. The van der Waals surface area contributed by atoms with E-state index < -0.39 is 6.10 Å².